The van der Waals surface area contributed by atoms with E-state index in [0.29, 0.717) is 31.0 Å². The quantitative estimate of drug-likeness (QED) is 0.450. The molecule has 0 aliphatic carbocycles. The molecule has 0 amide bonds. The molecule has 0 heterocycles. The maximum Gasteiger partial charge on any atom is 0.0663 e. The largest absolute Gasteiger partial charge is 0.125 e. The van der Waals surface area contributed by atoms with Gasteiger partial charge in [-0.25, -0.2) is 0 Å². The van der Waals surface area contributed by atoms with Gasteiger partial charge in [0.1, 0.15) is 0 Å². The van der Waals surface area contributed by atoms with Crippen molar-refractivity contribution in [3.05, 3.63) is 0 Å². The third-order valence-corrected chi connectivity index (χ3v) is 5.83. The molecule has 0 saturated carbocycles. The van der Waals surface area contributed by atoms with Crippen molar-refractivity contribution in [2.45, 2.75) is 46.1 Å². The van der Waals surface area contributed by atoms with E-state index in [1.54, 1.807) is 0 Å². The summed E-state index contributed by atoms with van der Waals surface area (Å²) >= 11 is 41.5. The maximum atomic E-state index is 6.17. The molecular formula is C10H15Cl7. The molecule has 0 aromatic carbocycles. The van der Waals surface area contributed by atoms with E-state index in [4.69, 9.17) is 81.2 Å². The van der Waals surface area contributed by atoms with Gasteiger partial charge in [-0.2, -0.15) is 0 Å². The normalized spacial score (nSPS) is 20.6. The Morgan fingerprint density at radius 2 is 1.18 bits per heavy atom. The standard InChI is InChI=1S/C10H15Cl7/c11-4-6(13)1-2-8(15)10(17)9(16)3-7(14)5-12/h6-10H,1-5H2. The molecule has 0 fully saturated rings. The van der Waals surface area contributed by atoms with Crippen molar-refractivity contribution in [2.75, 3.05) is 11.8 Å². The Hall–Kier alpha value is 2.03. The van der Waals surface area contributed by atoms with E-state index in [-0.39, 0.29) is 26.9 Å². The Balaban J connectivity index is 3.97. The van der Waals surface area contributed by atoms with Gasteiger partial charge in [0.15, 0.2) is 0 Å². The van der Waals surface area contributed by atoms with Crippen LogP contribution in [0.25, 0.3) is 0 Å². The van der Waals surface area contributed by atoms with Crippen LogP contribution in [0, 0.1) is 0 Å². The second-order valence-electron chi connectivity index (χ2n) is 3.79. The Labute approximate surface area is 138 Å². The summed E-state index contributed by atoms with van der Waals surface area (Å²) in [4.78, 5) is 0. The van der Waals surface area contributed by atoms with E-state index in [0.717, 1.165) is 0 Å². The lowest BCUT2D eigenvalue weighted by Gasteiger charge is -2.22. The topological polar surface area (TPSA) is 0 Å². The van der Waals surface area contributed by atoms with Crippen LogP contribution < -0.4 is 0 Å². The van der Waals surface area contributed by atoms with Crippen molar-refractivity contribution in [3.8, 4) is 0 Å². The zero-order chi connectivity index (χ0) is 13.4. The highest BCUT2D eigenvalue weighted by molar-refractivity contribution is 6.35. The molecule has 0 nitrogen and oxygen atoms in total. The maximum absolute atomic E-state index is 6.17. The van der Waals surface area contributed by atoms with Crippen LogP contribution in [0.5, 0.6) is 0 Å². The molecule has 7 heteroatoms. The van der Waals surface area contributed by atoms with Gasteiger partial charge in [-0.15, -0.1) is 81.2 Å². The molecule has 0 aromatic heterocycles. The third kappa shape index (κ3) is 8.74. The fraction of sp³-hybridized carbons (Fsp3) is 1.00. The molecule has 5 atom stereocenters. The molecule has 5 unspecified atom stereocenters. The Morgan fingerprint density at radius 3 is 1.65 bits per heavy atom. The van der Waals surface area contributed by atoms with Crippen LogP contribution in [0.15, 0.2) is 0 Å². The van der Waals surface area contributed by atoms with Gasteiger partial charge < -0.3 is 0 Å². The van der Waals surface area contributed by atoms with Crippen LogP contribution in [0.2, 0.25) is 0 Å². The van der Waals surface area contributed by atoms with Gasteiger partial charge in [0.05, 0.1) is 16.1 Å². The van der Waals surface area contributed by atoms with Gasteiger partial charge in [-0.3, -0.25) is 0 Å². The molecule has 0 saturated heterocycles. The smallest absolute Gasteiger partial charge is 0.0663 e. The molecule has 0 rings (SSSR count). The minimum atomic E-state index is -0.359. The Bertz CT molecular complexity index is 189. The van der Waals surface area contributed by atoms with Crippen LogP contribution in [0.1, 0.15) is 19.3 Å². The van der Waals surface area contributed by atoms with Gasteiger partial charge in [0.25, 0.3) is 0 Å². The minimum absolute atomic E-state index is 0.0841. The summed E-state index contributed by atoms with van der Waals surface area (Å²) in [7, 11) is 0. The highest BCUT2D eigenvalue weighted by atomic mass is 35.5. The summed E-state index contributed by atoms with van der Waals surface area (Å²) in [6.07, 6.45) is 1.92. The lowest BCUT2D eigenvalue weighted by atomic mass is 10.1. The van der Waals surface area contributed by atoms with E-state index in [2.05, 4.69) is 0 Å². The number of alkyl halides is 7. The van der Waals surface area contributed by atoms with Gasteiger partial charge >= 0.3 is 0 Å². The average molecular weight is 383 g/mol. The monoisotopic (exact) mass is 380 g/mol. The first-order valence-corrected chi connectivity index (χ1v) is 8.49. The lowest BCUT2D eigenvalue weighted by molar-refractivity contribution is 0.609. The third-order valence-electron chi connectivity index (χ3n) is 2.26. The molecule has 0 aliphatic rings. The number of halogens is 7. The fourth-order valence-corrected chi connectivity index (χ4v) is 2.93. The zero-order valence-corrected chi connectivity index (χ0v) is 14.4. The van der Waals surface area contributed by atoms with Crippen molar-refractivity contribution >= 4 is 81.2 Å². The second kappa shape index (κ2) is 10.8. The predicted octanol–water partition coefficient (Wildman–Crippen LogP) is 5.67. The van der Waals surface area contributed by atoms with E-state index >= 15 is 0 Å². The molecular weight excluding hydrogens is 368 g/mol. The van der Waals surface area contributed by atoms with Gasteiger partial charge in [-0.1, -0.05) is 0 Å². The summed E-state index contributed by atoms with van der Waals surface area (Å²) in [5.41, 5.74) is 0. The van der Waals surface area contributed by atoms with E-state index < -0.39 is 0 Å². The zero-order valence-electron chi connectivity index (χ0n) is 9.07. The number of hydrogen-bond acceptors (Lipinski definition) is 0. The van der Waals surface area contributed by atoms with Crippen molar-refractivity contribution in [3.63, 3.8) is 0 Å². The molecule has 104 valence electrons. The number of rotatable bonds is 9. The first-order chi connectivity index (χ1) is 7.92. The van der Waals surface area contributed by atoms with Crippen LogP contribution >= 0.6 is 81.2 Å². The second-order valence-corrected chi connectivity index (χ2v) is 7.27. The van der Waals surface area contributed by atoms with Gasteiger partial charge in [-0.05, 0) is 19.3 Å². The molecule has 0 radical (unpaired) electrons. The van der Waals surface area contributed by atoms with E-state index in [1.807, 2.05) is 0 Å². The summed E-state index contributed by atoms with van der Waals surface area (Å²) in [5, 5.41) is -1.18. The van der Waals surface area contributed by atoms with Crippen molar-refractivity contribution in [1.82, 2.24) is 0 Å². The van der Waals surface area contributed by atoms with Crippen molar-refractivity contribution in [2.24, 2.45) is 0 Å². The number of hydrogen-bond donors (Lipinski definition) is 0. The van der Waals surface area contributed by atoms with Crippen LogP contribution in [-0.4, -0.2) is 38.6 Å². The predicted molar refractivity (Wildman–Crippen MR) is 83.5 cm³/mol. The Morgan fingerprint density at radius 1 is 0.647 bits per heavy atom. The lowest BCUT2D eigenvalue weighted by Crippen LogP contribution is -2.28. The van der Waals surface area contributed by atoms with Gasteiger partial charge in [0, 0.05) is 22.5 Å². The summed E-state index contributed by atoms with van der Waals surface area (Å²) in [5.74, 6) is 0.746. The summed E-state index contributed by atoms with van der Waals surface area (Å²) in [6, 6.07) is 0. The Kier molecular flexibility index (Phi) is 12.1. The van der Waals surface area contributed by atoms with E-state index in [1.165, 1.54) is 0 Å². The van der Waals surface area contributed by atoms with E-state index in [9.17, 15) is 0 Å². The fourth-order valence-electron chi connectivity index (χ4n) is 1.24. The molecule has 0 spiro atoms. The SMILES string of the molecule is ClCC(Cl)CCC(Cl)C(Cl)C(Cl)CC(Cl)CCl. The van der Waals surface area contributed by atoms with Crippen LogP contribution in [0.3, 0.4) is 0 Å². The van der Waals surface area contributed by atoms with Crippen LogP contribution in [0.4, 0.5) is 0 Å². The molecule has 0 aliphatic heterocycles. The minimum Gasteiger partial charge on any atom is -0.125 e. The molecule has 0 bridgehead atoms. The van der Waals surface area contributed by atoms with Crippen LogP contribution in [-0.2, 0) is 0 Å². The molecule has 0 aromatic rings. The highest BCUT2D eigenvalue weighted by Gasteiger charge is 2.27. The average Bonchev–Trinajstić information content (AvgIpc) is 2.33. The molecule has 17 heavy (non-hydrogen) atoms. The van der Waals surface area contributed by atoms with Gasteiger partial charge in [0.2, 0.25) is 0 Å². The van der Waals surface area contributed by atoms with Crippen molar-refractivity contribution < 1.29 is 0 Å². The summed E-state index contributed by atoms with van der Waals surface area (Å²) < 4.78 is 0. The first-order valence-electron chi connectivity index (χ1n) is 5.24. The summed E-state index contributed by atoms with van der Waals surface area (Å²) in [6.45, 7) is 0. The first kappa shape index (κ1) is 19.0. The van der Waals surface area contributed by atoms with Crippen molar-refractivity contribution in [1.29, 1.82) is 0 Å². The highest BCUT2D eigenvalue weighted by Crippen LogP contribution is 2.27. The molecule has 0 N–H and O–H groups in total.